The number of nitro groups is 1. The summed E-state index contributed by atoms with van der Waals surface area (Å²) in [6, 6.07) is 5.98. The van der Waals surface area contributed by atoms with Gasteiger partial charge in [0.1, 0.15) is 12.3 Å². The summed E-state index contributed by atoms with van der Waals surface area (Å²) in [6.45, 7) is 8.38. The molecule has 0 radical (unpaired) electrons. The number of hydrogen-bond acceptors (Lipinski definition) is 13. The number of esters is 4. The van der Waals surface area contributed by atoms with Crippen LogP contribution in [0.3, 0.4) is 0 Å². The molecule has 3 rings (SSSR count). The highest BCUT2D eigenvalue weighted by molar-refractivity contribution is 5.69. The lowest BCUT2D eigenvalue weighted by Crippen LogP contribution is -2.66. The molecule has 2 aliphatic rings. The molecule has 1 aromatic carbocycles. The second-order valence-electron chi connectivity index (χ2n) is 9.74. The van der Waals surface area contributed by atoms with E-state index in [4.69, 9.17) is 18.9 Å². The van der Waals surface area contributed by atoms with Crippen LogP contribution < -0.4 is 4.90 Å². The number of benzene rings is 1. The van der Waals surface area contributed by atoms with Crippen molar-refractivity contribution in [1.29, 1.82) is 0 Å². The number of piperidine rings is 1. The fourth-order valence-electron chi connectivity index (χ4n) is 5.13. The van der Waals surface area contributed by atoms with Gasteiger partial charge >= 0.3 is 23.9 Å². The van der Waals surface area contributed by atoms with E-state index < -0.39 is 48.2 Å². The van der Waals surface area contributed by atoms with Crippen molar-refractivity contribution in [3.05, 3.63) is 34.4 Å². The maximum atomic E-state index is 12.0. The number of anilines is 1. The Morgan fingerprint density at radius 3 is 2.02 bits per heavy atom. The third-order valence-corrected chi connectivity index (χ3v) is 6.83. The van der Waals surface area contributed by atoms with E-state index in [0.717, 1.165) is 0 Å². The number of carbonyl (C=O) groups is 4. The maximum Gasteiger partial charge on any atom is 0.303 e. The number of nitro benzene ring substituents is 1. The second kappa shape index (κ2) is 14.0. The van der Waals surface area contributed by atoms with Gasteiger partial charge in [0.15, 0.2) is 18.3 Å². The number of piperazine rings is 1. The minimum Gasteiger partial charge on any atom is -0.464 e. The van der Waals surface area contributed by atoms with Crippen molar-refractivity contribution >= 4 is 35.3 Å². The predicted octanol–water partition coefficient (Wildman–Crippen LogP) is 0.759. The highest BCUT2D eigenvalue weighted by atomic mass is 16.6. The lowest BCUT2D eigenvalue weighted by molar-refractivity contribution is -0.384. The van der Waals surface area contributed by atoms with Gasteiger partial charge in [-0.25, -0.2) is 0 Å². The van der Waals surface area contributed by atoms with E-state index in [1.807, 2.05) is 9.80 Å². The predicted molar refractivity (Wildman–Crippen MR) is 140 cm³/mol. The number of likely N-dealkylation sites (tertiary alicyclic amines) is 1. The van der Waals surface area contributed by atoms with Crippen molar-refractivity contribution < 1.29 is 43.0 Å². The Morgan fingerprint density at radius 1 is 0.850 bits per heavy atom. The summed E-state index contributed by atoms with van der Waals surface area (Å²) in [7, 11) is 0. The molecule has 4 atom stereocenters. The minimum atomic E-state index is -1.09. The summed E-state index contributed by atoms with van der Waals surface area (Å²) in [5.74, 6) is -2.40. The van der Waals surface area contributed by atoms with Crippen LogP contribution >= 0.6 is 0 Å². The van der Waals surface area contributed by atoms with Crippen molar-refractivity contribution in [2.45, 2.75) is 52.0 Å². The molecule has 0 spiro atoms. The Labute approximate surface area is 232 Å². The molecule has 2 fully saturated rings. The molecule has 2 aliphatic heterocycles. The lowest BCUT2D eigenvalue weighted by atomic mass is 9.93. The van der Waals surface area contributed by atoms with E-state index in [2.05, 4.69) is 4.90 Å². The van der Waals surface area contributed by atoms with Gasteiger partial charge in [0.2, 0.25) is 0 Å². The first-order valence-electron chi connectivity index (χ1n) is 13.1. The standard InChI is InChI=1S/C26H36N4O10/c1-17(31)37-16-23-25(39-19(3)33)26(40-20(4)34)24(38-18(2)32)15-29(23)14-11-27-9-12-28(13-10-27)21-7-5-6-8-22(21)30(35)36/h5-8,23-26H,9-16H2,1-4H3/t23-,24+,25-,26-/m1/s1. The molecule has 2 heterocycles. The molecule has 2 saturated heterocycles. The molecule has 0 unspecified atom stereocenters. The van der Waals surface area contributed by atoms with Gasteiger partial charge in [-0.2, -0.15) is 0 Å². The normalized spacial score (nSPS) is 23.6. The Balaban J connectivity index is 1.75. The van der Waals surface area contributed by atoms with Gasteiger partial charge in [0.05, 0.1) is 11.0 Å². The maximum absolute atomic E-state index is 12.0. The summed E-state index contributed by atoms with van der Waals surface area (Å²) in [6.07, 6.45) is -3.07. The highest BCUT2D eigenvalue weighted by Crippen LogP contribution is 2.29. The second-order valence-corrected chi connectivity index (χ2v) is 9.74. The summed E-state index contributed by atoms with van der Waals surface area (Å²) < 4.78 is 21.8. The molecule has 14 heteroatoms. The van der Waals surface area contributed by atoms with Crippen molar-refractivity contribution in [3.8, 4) is 0 Å². The highest BCUT2D eigenvalue weighted by Gasteiger charge is 2.49. The minimum absolute atomic E-state index is 0.0629. The third kappa shape index (κ3) is 8.36. The van der Waals surface area contributed by atoms with E-state index in [1.54, 1.807) is 18.2 Å². The topological polar surface area (TPSA) is 158 Å². The van der Waals surface area contributed by atoms with Crippen LogP contribution in [0.4, 0.5) is 11.4 Å². The molecular weight excluding hydrogens is 528 g/mol. The number of nitrogens with zero attached hydrogens (tertiary/aromatic N) is 4. The molecule has 1 aromatic rings. The Hall–Kier alpha value is -3.78. The Kier molecular flexibility index (Phi) is 10.8. The van der Waals surface area contributed by atoms with Gasteiger partial charge in [0.25, 0.3) is 5.69 Å². The van der Waals surface area contributed by atoms with Crippen LogP contribution in [0, 0.1) is 10.1 Å². The smallest absolute Gasteiger partial charge is 0.303 e. The van der Waals surface area contributed by atoms with Gasteiger partial charge in [-0.3, -0.25) is 39.1 Å². The van der Waals surface area contributed by atoms with E-state index in [1.165, 1.54) is 33.8 Å². The van der Waals surface area contributed by atoms with Crippen LogP contribution in [-0.2, 0) is 38.1 Å². The van der Waals surface area contributed by atoms with Crippen LogP contribution in [0.15, 0.2) is 24.3 Å². The molecule has 0 amide bonds. The van der Waals surface area contributed by atoms with E-state index in [9.17, 15) is 29.3 Å². The summed E-state index contributed by atoms with van der Waals surface area (Å²) in [4.78, 5) is 64.6. The zero-order valence-corrected chi connectivity index (χ0v) is 23.1. The van der Waals surface area contributed by atoms with E-state index in [-0.39, 0.29) is 23.8 Å². The van der Waals surface area contributed by atoms with E-state index >= 15 is 0 Å². The summed E-state index contributed by atoms with van der Waals surface area (Å²) >= 11 is 0. The first-order chi connectivity index (χ1) is 19.0. The fourth-order valence-corrected chi connectivity index (χ4v) is 5.13. The van der Waals surface area contributed by atoms with Crippen LogP contribution in [0.25, 0.3) is 0 Å². The van der Waals surface area contributed by atoms with Gasteiger partial charge in [-0.05, 0) is 6.07 Å². The Bertz CT molecular complexity index is 1090. The quantitative estimate of drug-likeness (QED) is 0.170. The van der Waals surface area contributed by atoms with Crippen LogP contribution in [-0.4, -0.2) is 115 Å². The van der Waals surface area contributed by atoms with Gasteiger partial charge < -0.3 is 23.8 Å². The van der Waals surface area contributed by atoms with Crippen LogP contribution in [0.5, 0.6) is 0 Å². The van der Waals surface area contributed by atoms with Gasteiger partial charge in [-0.1, -0.05) is 12.1 Å². The lowest BCUT2D eigenvalue weighted by Gasteiger charge is -2.47. The largest absolute Gasteiger partial charge is 0.464 e. The average molecular weight is 565 g/mol. The van der Waals surface area contributed by atoms with Crippen molar-refractivity contribution in [3.63, 3.8) is 0 Å². The third-order valence-electron chi connectivity index (χ3n) is 6.83. The van der Waals surface area contributed by atoms with Crippen molar-refractivity contribution in [2.24, 2.45) is 0 Å². The molecule has 220 valence electrons. The molecular formula is C26H36N4O10. The number of para-hydroxylation sites is 2. The molecule has 0 saturated carbocycles. The number of carbonyl (C=O) groups excluding carboxylic acids is 4. The van der Waals surface area contributed by atoms with E-state index in [0.29, 0.717) is 45.0 Å². The summed E-state index contributed by atoms with van der Waals surface area (Å²) in [5.41, 5.74) is 0.641. The molecule has 0 bridgehead atoms. The van der Waals surface area contributed by atoms with Gasteiger partial charge in [0, 0.05) is 79.6 Å². The number of rotatable bonds is 10. The van der Waals surface area contributed by atoms with Crippen molar-refractivity contribution in [2.75, 3.05) is 57.3 Å². The monoisotopic (exact) mass is 564 g/mol. The van der Waals surface area contributed by atoms with Crippen LogP contribution in [0.1, 0.15) is 27.7 Å². The molecule has 0 aromatic heterocycles. The first kappa shape index (κ1) is 30.8. The fraction of sp³-hybridized carbons (Fsp3) is 0.615. The average Bonchev–Trinajstić information content (AvgIpc) is 2.88. The molecule has 0 N–H and O–H groups in total. The first-order valence-corrected chi connectivity index (χ1v) is 13.1. The molecule has 40 heavy (non-hydrogen) atoms. The zero-order valence-electron chi connectivity index (χ0n) is 23.1. The SMILES string of the molecule is CC(=O)OC[C@@H]1[C@@H](OC(C)=O)[C@H](OC(C)=O)[C@@H](OC(C)=O)CN1CCN1CCN(c2ccccc2[N+](=O)[O-])CC1. The summed E-state index contributed by atoms with van der Waals surface area (Å²) in [5, 5.41) is 11.4. The number of ether oxygens (including phenoxy) is 4. The molecule has 0 aliphatic carbocycles. The van der Waals surface area contributed by atoms with Gasteiger partial charge in [-0.15, -0.1) is 0 Å². The van der Waals surface area contributed by atoms with Crippen LogP contribution in [0.2, 0.25) is 0 Å². The Morgan fingerprint density at radius 2 is 1.45 bits per heavy atom. The zero-order chi connectivity index (χ0) is 29.4. The van der Waals surface area contributed by atoms with Crippen molar-refractivity contribution in [1.82, 2.24) is 9.80 Å². The molecule has 14 nitrogen and oxygen atoms in total. The number of hydrogen-bond donors (Lipinski definition) is 0.